The van der Waals surface area contributed by atoms with Crippen molar-refractivity contribution in [3.05, 3.63) is 10.6 Å². The summed E-state index contributed by atoms with van der Waals surface area (Å²) < 4.78 is 0. The molecule has 0 bridgehead atoms. The zero-order chi connectivity index (χ0) is 13.2. The highest BCUT2D eigenvalue weighted by molar-refractivity contribution is 7.15. The molecule has 0 saturated heterocycles. The molecule has 1 fully saturated rings. The Morgan fingerprint density at radius 2 is 2.21 bits per heavy atom. The second-order valence-corrected chi connectivity index (χ2v) is 6.99. The third kappa shape index (κ3) is 2.95. The van der Waals surface area contributed by atoms with Crippen molar-refractivity contribution >= 4 is 16.5 Å². The number of nitrogens with one attached hydrogen (secondary N) is 1. The van der Waals surface area contributed by atoms with Crippen molar-refractivity contribution in [2.75, 3.05) is 25.0 Å². The fraction of sp³-hybridized carbons (Fsp3) is 0.800. The Morgan fingerprint density at radius 3 is 2.89 bits per heavy atom. The van der Waals surface area contributed by atoms with Crippen LogP contribution in [0.15, 0.2) is 0 Å². The van der Waals surface area contributed by atoms with Crippen LogP contribution in [0.3, 0.4) is 0 Å². The lowest BCUT2D eigenvalue weighted by Crippen LogP contribution is -2.26. The highest BCUT2D eigenvalue weighted by atomic mass is 32.1. The van der Waals surface area contributed by atoms with Crippen LogP contribution in [0.5, 0.6) is 0 Å². The number of aromatic nitrogens is 1. The van der Waals surface area contributed by atoms with Gasteiger partial charge in [-0.2, -0.15) is 0 Å². The van der Waals surface area contributed by atoms with Gasteiger partial charge in [0.2, 0.25) is 0 Å². The highest BCUT2D eigenvalue weighted by Gasteiger charge is 2.28. The molecule has 19 heavy (non-hydrogen) atoms. The van der Waals surface area contributed by atoms with Crippen LogP contribution in [0.25, 0.3) is 0 Å². The number of rotatable bonds is 6. The molecule has 0 amide bonds. The van der Waals surface area contributed by atoms with Crippen molar-refractivity contribution in [1.82, 2.24) is 10.3 Å². The van der Waals surface area contributed by atoms with Gasteiger partial charge >= 0.3 is 0 Å². The Labute approximate surface area is 120 Å². The zero-order valence-electron chi connectivity index (χ0n) is 12.1. The molecule has 3 nitrogen and oxygen atoms in total. The molecular formula is C15H25N3S. The Hall–Kier alpha value is -0.610. The molecule has 106 valence electrons. The first-order valence-electron chi connectivity index (χ1n) is 7.73. The van der Waals surface area contributed by atoms with Crippen LogP contribution < -0.4 is 10.2 Å². The van der Waals surface area contributed by atoms with Gasteiger partial charge in [-0.25, -0.2) is 4.98 Å². The van der Waals surface area contributed by atoms with E-state index >= 15 is 0 Å². The van der Waals surface area contributed by atoms with Crippen LogP contribution in [0.4, 0.5) is 5.13 Å². The van der Waals surface area contributed by atoms with Gasteiger partial charge in [-0.05, 0) is 51.5 Å². The number of aryl methyl sites for hydroxylation is 1. The van der Waals surface area contributed by atoms with Crippen LogP contribution in [0, 0.1) is 5.92 Å². The third-order valence-electron chi connectivity index (χ3n) is 4.23. The number of thiazole rings is 1. The van der Waals surface area contributed by atoms with Crippen LogP contribution in [0.1, 0.15) is 55.6 Å². The van der Waals surface area contributed by atoms with Crippen LogP contribution >= 0.6 is 11.3 Å². The van der Waals surface area contributed by atoms with E-state index in [1.165, 1.54) is 60.8 Å². The molecule has 2 aliphatic rings. The minimum Gasteiger partial charge on any atom is -0.348 e. The van der Waals surface area contributed by atoms with E-state index in [9.17, 15) is 0 Å². The molecule has 1 saturated carbocycles. The Kier molecular flexibility index (Phi) is 4.08. The van der Waals surface area contributed by atoms with Crippen molar-refractivity contribution in [1.29, 1.82) is 0 Å². The van der Waals surface area contributed by atoms with Crippen molar-refractivity contribution in [3.63, 3.8) is 0 Å². The fourth-order valence-corrected chi connectivity index (χ4v) is 4.17. The minimum absolute atomic E-state index is 0.484. The summed E-state index contributed by atoms with van der Waals surface area (Å²) in [6.45, 7) is 4.65. The van der Waals surface area contributed by atoms with E-state index < -0.39 is 0 Å². The fourth-order valence-electron chi connectivity index (χ4n) is 2.97. The molecule has 3 rings (SSSR count). The van der Waals surface area contributed by atoms with Gasteiger partial charge in [-0.15, -0.1) is 11.3 Å². The van der Waals surface area contributed by atoms with Crippen LogP contribution in [-0.4, -0.2) is 25.1 Å². The number of fused-ring (bicyclic) bond motifs is 1. The van der Waals surface area contributed by atoms with Gasteiger partial charge in [0.15, 0.2) is 5.13 Å². The number of hydrogen-bond donors (Lipinski definition) is 1. The van der Waals surface area contributed by atoms with E-state index in [-0.39, 0.29) is 0 Å². The van der Waals surface area contributed by atoms with Gasteiger partial charge in [0, 0.05) is 18.0 Å². The van der Waals surface area contributed by atoms with E-state index in [4.69, 9.17) is 4.98 Å². The largest absolute Gasteiger partial charge is 0.348 e. The van der Waals surface area contributed by atoms with E-state index in [0.717, 1.165) is 12.5 Å². The number of anilines is 1. The maximum Gasteiger partial charge on any atom is 0.185 e. The molecule has 0 spiro atoms. The molecule has 0 aromatic carbocycles. The summed E-state index contributed by atoms with van der Waals surface area (Å²) in [4.78, 5) is 9.05. The molecular weight excluding hydrogens is 254 g/mol. The van der Waals surface area contributed by atoms with Gasteiger partial charge in [-0.3, -0.25) is 0 Å². The van der Waals surface area contributed by atoms with Crippen molar-refractivity contribution in [2.24, 2.45) is 5.92 Å². The third-order valence-corrected chi connectivity index (χ3v) is 5.42. The molecule has 1 unspecified atom stereocenters. The lowest BCUT2D eigenvalue weighted by atomic mass is 9.98. The van der Waals surface area contributed by atoms with Crippen LogP contribution in [-0.2, 0) is 6.42 Å². The normalized spacial score (nSPS) is 22.3. The van der Waals surface area contributed by atoms with Crippen LogP contribution in [0.2, 0.25) is 0 Å². The smallest absolute Gasteiger partial charge is 0.185 e. The first kappa shape index (κ1) is 13.4. The van der Waals surface area contributed by atoms with Crippen molar-refractivity contribution in [3.8, 4) is 0 Å². The number of nitrogens with zero attached hydrogens (tertiary/aromatic N) is 2. The standard InChI is InChI=1S/C15H25N3S/c1-3-9-18(10-11-7-8-11)15-17-14-12(16-2)5-4-6-13(14)19-15/h11-12,16H,3-10H2,1-2H3. The molecule has 1 aromatic rings. The molecule has 4 heteroatoms. The van der Waals surface area contributed by atoms with Gasteiger partial charge in [0.1, 0.15) is 0 Å². The van der Waals surface area contributed by atoms with Gasteiger partial charge in [0.05, 0.1) is 11.7 Å². The van der Waals surface area contributed by atoms with Gasteiger partial charge < -0.3 is 10.2 Å². The molecule has 1 N–H and O–H groups in total. The molecule has 0 radical (unpaired) electrons. The lowest BCUT2D eigenvalue weighted by molar-refractivity contribution is 0.489. The van der Waals surface area contributed by atoms with Gasteiger partial charge in [-0.1, -0.05) is 6.92 Å². The molecule has 1 aromatic heterocycles. The predicted octanol–water partition coefficient (Wildman–Crippen LogP) is 3.37. The SMILES string of the molecule is CCCN(CC1CC1)c1nc2c(s1)CCCC2NC. The molecule has 1 atom stereocenters. The monoisotopic (exact) mass is 279 g/mol. The zero-order valence-corrected chi connectivity index (χ0v) is 12.9. The summed E-state index contributed by atoms with van der Waals surface area (Å²) in [6.07, 6.45) is 7.83. The highest BCUT2D eigenvalue weighted by Crippen LogP contribution is 2.38. The quantitative estimate of drug-likeness (QED) is 0.865. The van der Waals surface area contributed by atoms with E-state index in [1.807, 2.05) is 11.3 Å². The topological polar surface area (TPSA) is 28.2 Å². The minimum atomic E-state index is 0.484. The summed E-state index contributed by atoms with van der Waals surface area (Å²) in [6, 6.07) is 0.484. The number of hydrogen-bond acceptors (Lipinski definition) is 4. The maximum absolute atomic E-state index is 4.98. The summed E-state index contributed by atoms with van der Waals surface area (Å²) in [5.41, 5.74) is 1.34. The Morgan fingerprint density at radius 1 is 1.37 bits per heavy atom. The van der Waals surface area contributed by atoms with E-state index in [1.54, 1.807) is 0 Å². The molecule has 2 aliphatic carbocycles. The summed E-state index contributed by atoms with van der Waals surface area (Å²) in [5.74, 6) is 0.938. The van der Waals surface area contributed by atoms with E-state index in [2.05, 4.69) is 24.2 Å². The average molecular weight is 279 g/mol. The van der Waals surface area contributed by atoms with E-state index in [0.29, 0.717) is 6.04 Å². The first-order valence-corrected chi connectivity index (χ1v) is 8.55. The molecule has 1 heterocycles. The Balaban J connectivity index is 1.80. The summed E-state index contributed by atoms with van der Waals surface area (Å²) in [5, 5.41) is 4.70. The second-order valence-electron chi connectivity index (χ2n) is 5.93. The second kappa shape index (κ2) is 5.80. The lowest BCUT2D eigenvalue weighted by Gasteiger charge is -2.21. The van der Waals surface area contributed by atoms with Gasteiger partial charge in [0.25, 0.3) is 0 Å². The Bertz CT molecular complexity index is 425. The molecule has 0 aliphatic heterocycles. The first-order chi connectivity index (χ1) is 9.31. The average Bonchev–Trinajstić information content (AvgIpc) is 3.13. The summed E-state index contributed by atoms with van der Waals surface area (Å²) >= 11 is 1.95. The van der Waals surface area contributed by atoms with Crippen molar-refractivity contribution < 1.29 is 0 Å². The van der Waals surface area contributed by atoms with Crippen molar-refractivity contribution in [2.45, 2.75) is 51.5 Å². The maximum atomic E-state index is 4.98. The predicted molar refractivity (Wildman–Crippen MR) is 82.1 cm³/mol. The summed E-state index contributed by atoms with van der Waals surface area (Å²) in [7, 11) is 2.06.